The zero-order valence-corrected chi connectivity index (χ0v) is 14.1. The summed E-state index contributed by atoms with van der Waals surface area (Å²) in [7, 11) is 4.09. The average molecular weight is 322 g/mol. The molecule has 124 valence electrons. The highest BCUT2D eigenvalue weighted by molar-refractivity contribution is 5.69. The number of hydrogen-bond acceptors (Lipinski definition) is 5. The van der Waals surface area contributed by atoms with E-state index in [9.17, 15) is 0 Å². The Morgan fingerprint density at radius 1 is 1.17 bits per heavy atom. The first-order valence-corrected chi connectivity index (χ1v) is 8.39. The van der Waals surface area contributed by atoms with Crippen molar-refractivity contribution in [3.63, 3.8) is 0 Å². The SMILES string of the molecule is CN(C)c1nc(C2CCCN(c3ncccn3)C2)cn2cccc12. The second-order valence-corrected chi connectivity index (χ2v) is 6.52. The molecule has 0 bridgehead atoms. The third-order valence-corrected chi connectivity index (χ3v) is 4.61. The lowest BCUT2D eigenvalue weighted by molar-refractivity contribution is 0.494. The molecule has 3 aromatic rings. The summed E-state index contributed by atoms with van der Waals surface area (Å²) in [6, 6.07) is 6.03. The Bertz CT molecular complexity index is 826. The number of anilines is 2. The Balaban J connectivity index is 1.67. The summed E-state index contributed by atoms with van der Waals surface area (Å²) < 4.78 is 2.18. The molecular formula is C18H22N6. The molecule has 4 rings (SSSR count). The summed E-state index contributed by atoms with van der Waals surface area (Å²) in [4.78, 5) is 18.1. The molecule has 0 amide bonds. The first-order chi connectivity index (χ1) is 11.7. The van der Waals surface area contributed by atoms with Crippen molar-refractivity contribution in [2.75, 3.05) is 37.0 Å². The highest BCUT2D eigenvalue weighted by atomic mass is 15.3. The van der Waals surface area contributed by atoms with Gasteiger partial charge in [-0.1, -0.05) is 0 Å². The Morgan fingerprint density at radius 2 is 2.00 bits per heavy atom. The molecule has 1 fully saturated rings. The predicted octanol–water partition coefficient (Wildman–Crippen LogP) is 2.57. The van der Waals surface area contributed by atoms with E-state index in [-0.39, 0.29) is 0 Å². The van der Waals surface area contributed by atoms with Gasteiger partial charge < -0.3 is 14.2 Å². The van der Waals surface area contributed by atoms with Gasteiger partial charge in [0.25, 0.3) is 0 Å². The standard InChI is InChI=1S/C18H22N6/c1-22(2)17-16-7-4-10-23(16)13-15(21-17)14-6-3-11-24(12-14)18-19-8-5-9-20-18/h4-5,7-10,13-14H,3,6,11-12H2,1-2H3. The fraction of sp³-hybridized carbons (Fsp3) is 0.389. The lowest BCUT2D eigenvalue weighted by Gasteiger charge is -2.32. The van der Waals surface area contributed by atoms with Crippen LogP contribution >= 0.6 is 0 Å². The topological polar surface area (TPSA) is 49.6 Å². The van der Waals surface area contributed by atoms with Crippen LogP contribution in [0.3, 0.4) is 0 Å². The van der Waals surface area contributed by atoms with E-state index in [0.29, 0.717) is 5.92 Å². The maximum absolute atomic E-state index is 4.96. The lowest BCUT2D eigenvalue weighted by atomic mass is 9.95. The summed E-state index contributed by atoms with van der Waals surface area (Å²) in [5, 5.41) is 0. The highest BCUT2D eigenvalue weighted by Crippen LogP contribution is 2.29. The van der Waals surface area contributed by atoms with Gasteiger partial charge >= 0.3 is 0 Å². The van der Waals surface area contributed by atoms with E-state index in [1.165, 1.54) is 0 Å². The third-order valence-electron chi connectivity index (χ3n) is 4.61. The molecule has 6 nitrogen and oxygen atoms in total. The minimum Gasteiger partial charge on any atom is -0.361 e. The molecule has 0 saturated carbocycles. The number of piperidine rings is 1. The van der Waals surface area contributed by atoms with Crippen molar-refractivity contribution in [2.24, 2.45) is 0 Å². The fourth-order valence-electron chi connectivity index (χ4n) is 3.43. The van der Waals surface area contributed by atoms with Gasteiger partial charge in [-0.05, 0) is 31.0 Å². The Kier molecular flexibility index (Phi) is 3.80. The van der Waals surface area contributed by atoms with Gasteiger partial charge in [0.15, 0.2) is 5.82 Å². The van der Waals surface area contributed by atoms with Crippen LogP contribution in [-0.2, 0) is 0 Å². The number of rotatable bonds is 3. The normalized spacial score (nSPS) is 18.1. The summed E-state index contributed by atoms with van der Waals surface area (Å²) in [5.74, 6) is 2.23. The zero-order valence-electron chi connectivity index (χ0n) is 14.1. The Morgan fingerprint density at radius 3 is 2.79 bits per heavy atom. The van der Waals surface area contributed by atoms with Gasteiger partial charge in [-0.3, -0.25) is 0 Å². The molecule has 0 aromatic carbocycles. The van der Waals surface area contributed by atoms with E-state index in [4.69, 9.17) is 4.98 Å². The van der Waals surface area contributed by atoms with Gasteiger partial charge in [0, 0.05) is 57.9 Å². The van der Waals surface area contributed by atoms with Crippen LogP contribution in [-0.4, -0.2) is 46.5 Å². The van der Waals surface area contributed by atoms with Crippen molar-refractivity contribution in [1.82, 2.24) is 19.4 Å². The van der Waals surface area contributed by atoms with Gasteiger partial charge in [0.2, 0.25) is 5.95 Å². The molecule has 1 atom stereocenters. The maximum Gasteiger partial charge on any atom is 0.225 e. The van der Waals surface area contributed by atoms with Gasteiger partial charge in [-0.15, -0.1) is 0 Å². The van der Waals surface area contributed by atoms with Crippen LogP contribution < -0.4 is 9.80 Å². The predicted molar refractivity (Wildman–Crippen MR) is 95.7 cm³/mol. The lowest BCUT2D eigenvalue weighted by Crippen LogP contribution is -2.36. The van der Waals surface area contributed by atoms with Crippen LogP contribution in [0.5, 0.6) is 0 Å². The van der Waals surface area contributed by atoms with E-state index in [1.807, 2.05) is 20.2 Å². The summed E-state index contributed by atoms with van der Waals surface area (Å²) in [6.45, 7) is 1.92. The van der Waals surface area contributed by atoms with Gasteiger partial charge in [0.1, 0.15) is 0 Å². The van der Waals surface area contributed by atoms with Crippen molar-refractivity contribution >= 4 is 17.3 Å². The van der Waals surface area contributed by atoms with Gasteiger partial charge in [-0.2, -0.15) is 0 Å². The smallest absolute Gasteiger partial charge is 0.225 e. The second kappa shape index (κ2) is 6.11. The monoisotopic (exact) mass is 322 g/mol. The summed E-state index contributed by atoms with van der Waals surface area (Å²) in [5.41, 5.74) is 2.28. The van der Waals surface area contributed by atoms with Crippen molar-refractivity contribution in [2.45, 2.75) is 18.8 Å². The molecule has 0 N–H and O–H groups in total. The number of fused-ring (bicyclic) bond motifs is 1. The molecule has 0 spiro atoms. The van der Waals surface area contributed by atoms with Crippen LogP contribution in [0, 0.1) is 0 Å². The maximum atomic E-state index is 4.96. The minimum absolute atomic E-state index is 0.396. The van der Waals surface area contributed by atoms with E-state index in [2.05, 4.69) is 48.7 Å². The molecule has 1 aliphatic rings. The molecule has 24 heavy (non-hydrogen) atoms. The molecule has 6 heteroatoms. The molecule has 1 unspecified atom stereocenters. The van der Waals surface area contributed by atoms with Crippen LogP contribution in [0.1, 0.15) is 24.5 Å². The van der Waals surface area contributed by atoms with Gasteiger partial charge in [-0.25, -0.2) is 15.0 Å². The number of hydrogen-bond donors (Lipinski definition) is 0. The first kappa shape index (κ1) is 14.9. The molecule has 0 radical (unpaired) electrons. The van der Waals surface area contributed by atoms with E-state index in [0.717, 1.165) is 48.9 Å². The van der Waals surface area contributed by atoms with Crippen LogP contribution in [0.4, 0.5) is 11.8 Å². The fourth-order valence-corrected chi connectivity index (χ4v) is 3.43. The first-order valence-electron chi connectivity index (χ1n) is 8.39. The average Bonchev–Trinajstić information content (AvgIpc) is 3.10. The third kappa shape index (κ3) is 2.68. The van der Waals surface area contributed by atoms with E-state index in [1.54, 1.807) is 12.4 Å². The molecule has 3 aromatic heterocycles. The van der Waals surface area contributed by atoms with E-state index < -0.39 is 0 Å². The van der Waals surface area contributed by atoms with Crippen LogP contribution in [0.2, 0.25) is 0 Å². The number of nitrogens with zero attached hydrogens (tertiary/aromatic N) is 6. The molecule has 4 heterocycles. The largest absolute Gasteiger partial charge is 0.361 e. The van der Waals surface area contributed by atoms with E-state index >= 15 is 0 Å². The number of aromatic nitrogens is 4. The summed E-state index contributed by atoms with van der Waals surface area (Å²) >= 11 is 0. The minimum atomic E-state index is 0.396. The quantitative estimate of drug-likeness (QED) is 0.742. The summed E-state index contributed by atoms with van der Waals surface area (Å²) in [6.07, 6.45) is 10.2. The molecule has 1 aliphatic heterocycles. The molecule has 1 saturated heterocycles. The van der Waals surface area contributed by atoms with Crippen LogP contribution in [0.25, 0.3) is 5.52 Å². The van der Waals surface area contributed by atoms with Crippen molar-refractivity contribution in [3.8, 4) is 0 Å². The Labute approximate surface area is 141 Å². The second-order valence-electron chi connectivity index (χ2n) is 6.52. The van der Waals surface area contributed by atoms with Crippen molar-refractivity contribution in [1.29, 1.82) is 0 Å². The van der Waals surface area contributed by atoms with Crippen molar-refractivity contribution in [3.05, 3.63) is 48.7 Å². The Hall–Kier alpha value is -2.63. The van der Waals surface area contributed by atoms with Crippen LogP contribution in [0.15, 0.2) is 43.0 Å². The highest BCUT2D eigenvalue weighted by Gasteiger charge is 2.25. The zero-order chi connectivity index (χ0) is 16.5. The molecular weight excluding hydrogens is 300 g/mol. The molecule has 0 aliphatic carbocycles. The van der Waals surface area contributed by atoms with Crippen molar-refractivity contribution < 1.29 is 0 Å². The van der Waals surface area contributed by atoms with Gasteiger partial charge in [0.05, 0.1) is 11.2 Å².